The second-order valence-corrected chi connectivity index (χ2v) is 9.81. The first-order valence-corrected chi connectivity index (χ1v) is 12.2. The van der Waals surface area contributed by atoms with Crippen LogP contribution in [-0.4, -0.2) is 51.3 Å². The minimum absolute atomic E-state index is 0.0165. The summed E-state index contributed by atoms with van der Waals surface area (Å²) in [6.45, 7) is 3.82. The molecule has 2 N–H and O–H groups in total. The first-order chi connectivity index (χ1) is 14.6. The number of benzene rings is 1. The van der Waals surface area contributed by atoms with E-state index in [0.29, 0.717) is 12.7 Å². The number of carbonyl (C=O) groups is 4. The fraction of sp³-hybridized carbons (Fsp3) is 0.565. The smallest absolute Gasteiger partial charge is 0.307 e. The Morgan fingerprint density at radius 3 is 2.29 bits per heavy atom. The molecule has 1 aromatic rings. The van der Waals surface area contributed by atoms with Crippen molar-refractivity contribution in [3.8, 4) is 0 Å². The lowest BCUT2D eigenvalue weighted by atomic mass is 9.89. The van der Waals surface area contributed by atoms with Crippen molar-refractivity contribution >= 4 is 34.7 Å². The van der Waals surface area contributed by atoms with Gasteiger partial charge in [0, 0.05) is 41.6 Å². The summed E-state index contributed by atoms with van der Waals surface area (Å²) >= 11 is 0. The highest BCUT2D eigenvalue weighted by molar-refractivity contribution is 7.84. The van der Waals surface area contributed by atoms with Crippen molar-refractivity contribution in [1.82, 2.24) is 5.32 Å². The van der Waals surface area contributed by atoms with Crippen molar-refractivity contribution in [3.05, 3.63) is 35.9 Å². The summed E-state index contributed by atoms with van der Waals surface area (Å²) in [7, 11) is -1.10. The first-order valence-electron chi connectivity index (χ1n) is 10.5. The number of ketones is 1. The van der Waals surface area contributed by atoms with Crippen LogP contribution in [0.1, 0.15) is 45.1 Å². The number of aldehydes is 1. The van der Waals surface area contributed by atoms with Crippen LogP contribution in [0.15, 0.2) is 30.3 Å². The van der Waals surface area contributed by atoms with Crippen molar-refractivity contribution in [2.75, 3.05) is 12.0 Å². The summed E-state index contributed by atoms with van der Waals surface area (Å²) in [4.78, 5) is 48.4. The van der Waals surface area contributed by atoms with E-state index in [1.54, 1.807) is 0 Å². The number of rotatable bonds is 15. The molecule has 0 saturated carbocycles. The Morgan fingerprint density at radius 2 is 1.77 bits per heavy atom. The van der Waals surface area contributed by atoms with Crippen molar-refractivity contribution in [3.63, 3.8) is 0 Å². The third-order valence-electron chi connectivity index (χ3n) is 5.04. The minimum Gasteiger partial charge on any atom is -0.481 e. The number of aliphatic carboxylic acids is 1. The molecule has 0 spiro atoms. The number of nitrogens with one attached hydrogen (secondary N) is 1. The second kappa shape index (κ2) is 13.9. The summed E-state index contributed by atoms with van der Waals surface area (Å²) in [5.41, 5.74) is 0.825. The van der Waals surface area contributed by atoms with E-state index in [1.165, 1.54) is 6.26 Å². The van der Waals surface area contributed by atoms with Crippen molar-refractivity contribution in [2.45, 2.75) is 52.0 Å². The number of carbonyl (C=O) groups excluding carboxylic acids is 3. The van der Waals surface area contributed by atoms with Gasteiger partial charge in [0.05, 0.1) is 12.0 Å². The highest BCUT2D eigenvalue weighted by Crippen LogP contribution is 2.18. The predicted octanol–water partition coefficient (Wildman–Crippen LogP) is 2.39. The normalized spacial score (nSPS) is 15.0. The molecule has 172 valence electrons. The maximum absolute atomic E-state index is 13.0. The Bertz CT molecular complexity index is 765. The summed E-state index contributed by atoms with van der Waals surface area (Å²) in [5.74, 6) is -3.01. The average molecular weight is 452 g/mol. The van der Waals surface area contributed by atoms with Crippen LogP contribution in [0.25, 0.3) is 0 Å². The van der Waals surface area contributed by atoms with E-state index in [0.717, 1.165) is 5.56 Å². The van der Waals surface area contributed by atoms with Gasteiger partial charge in [-0.05, 0) is 30.7 Å². The zero-order valence-corrected chi connectivity index (χ0v) is 19.2. The maximum Gasteiger partial charge on any atom is 0.307 e. The molecule has 0 bridgehead atoms. The van der Waals surface area contributed by atoms with Crippen LogP contribution in [0.5, 0.6) is 0 Å². The van der Waals surface area contributed by atoms with Crippen LogP contribution in [-0.2, 0) is 36.4 Å². The number of amides is 1. The lowest BCUT2D eigenvalue weighted by molar-refractivity contribution is -0.144. The third kappa shape index (κ3) is 10.5. The molecule has 31 heavy (non-hydrogen) atoms. The van der Waals surface area contributed by atoms with Crippen molar-refractivity contribution < 1.29 is 28.5 Å². The van der Waals surface area contributed by atoms with E-state index in [4.69, 9.17) is 0 Å². The van der Waals surface area contributed by atoms with Gasteiger partial charge in [0.25, 0.3) is 0 Å². The standard InChI is InChI=1S/C23H33NO6S/c1-16(2)13-20(24-22(27)18(9-11-25)10-12-31(3)30)21(26)15-19(23(28)29)14-17-7-5-4-6-8-17/h4-8,11,16,18-20H,9-10,12-15H2,1-3H3,(H,24,27)(H,28,29). The van der Waals surface area contributed by atoms with Gasteiger partial charge in [0.1, 0.15) is 6.29 Å². The Morgan fingerprint density at radius 1 is 1.13 bits per heavy atom. The molecular weight excluding hydrogens is 418 g/mol. The molecule has 8 heteroatoms. The van der Waals surface area contributed by atoms with Gasteiger partial charge in [0.2, 0.25) is 5.91 Å². The number of hydrogen-bond donors (Lipinski definition) is 2. The Labute approximate surface area is 186 Å². The molecule has 0 heterocycles. The van der Waals surface area contributed by atoms with Gasteiger partial charge in [-0.25, -0.2) is 0 Å². The SMILES string of the molecule is CC(C)CC(NC(=O)C(CC=O)CCS(C)=O)C(=O)CC(Cc1ccccc1)C(=O)O. The molecule has 0 fully saturated rings. The summed E-state index contributed by atoms with van der Waals surface area (Å²) in [6, 6.07) is 8.27. The fourth-order valence-corrected chi connectivity index (χ4v) is 3.96. The molecule has 1 rings (SSSR count). The Kier molecular flexibility index (Phi) is 11.9. The van der Waals surface area contributed by atoms with Gasteiger partial charge in [-0.1, -0.05) is 44.2 Å². The summed E-state index contributed by atoms with van der Waals surface area (Å²) in [5, 5.41) is 12.3. The summed E-state index contributed by atoms with van der Waals surface area (Å²) in [6.07, 6.45) is 2.83. The molecule has 0 aliphatic heterocycles. The van der Waals surface area contributed by atoms with Crippen LogP contribution >= 0.6 is 0 Å². The van der Waals surface area contributed by atoms with Crippen molar-refractivity contribution in [2.24, 2.45) is 17.8 Å². The van der Waals surface area contributed by atoms with Gasteiger partial charge in [-0.15, -0.1) is 0 Å². The molecule has 0 saturated heterocycles. The molecular formula is C23H33NO6S. The van der Waals surface area contributed by atoms with E-state index in [-0.39, 0.29) is 43.1 Å². The summed E-state index contributed by atoms with van der Waals surface area (Å²) < 4.78 is 11.4. The Balaban J connectivity index is 2.90. The lowest BCUT2D eigenvalue weighted by Gasteiger charge is -2.24. The molecule has 4 atom stereocenters. The van der Waals surface area contributed by atoms with Crippen LogP contribution in [0.2, 0.25) is 0 Å². The van der Waals surface area contributed by atoms with Crippen molar-refractivity contribution in [1.29, 1.82) is 0 Å². The highest BCUT2D eigenvalue weighted by Gasteiger charge is 2.30. The monoisotopic (exact) mass is 451 g/mol. The van der Waals surface area contributed by atoms with Gasteiger partial charge < -0.3 is 15.2 Å². The fourth-order valence-electron chi connectivity index (χ4n) is 3.34. The first kappa shape index (κ1) is 26.7. The predicted molar refractivity (Wildman–Crippen MR) is 120 cm³/mol. The van der Waals surface area contributed by atoms with Gasteiger partial charge in [-0.3, -0.25) is 18.6 Å². The molecule has 0 aliphatic carbocycles. The largest absolute Gasteiger partial charge is 0.481 e. The molecule has 0 aliphatic rings. The highest BCUT2D eigenvalue weighted by atomic mass is 32.2. The van der Waals surface area contributed by atoms with Crippen LogP contribution in [0.4, 0.5) is 0 Å². The number of carboxylic acids is 1. The van der Waals surface area contributed by atoms with E-state index >= 15 is 0 Å². The van der Waals surface area contributed by atoms with Crippen LogP contribution < -0.4 is 5.32 Å². The zero-order valence-electron chi connectivity index (χ0n) is 18.4. The Hall–Kier alpha value is -2.35. The molecule has 0 aromatic heterocycles. The van der Waals surface area contributed by atoms with E-state index < -0.39 is 40.6 Å². The number of carboxylic acid groups (broad SMARTS) is 1. The molecule has 0 radical (unpaired) electrons. The molecule has 7 nitrogen and oxygen atoms in total. The zero-order chi connectivity index (χ0) is 23.4. The number of Topliss-reactive ketones (excluding diaryl/α,β-unsaturated/α-hetero) is 1. The van der Waals surface area contributed by atoms with E-state index in [1.807, 2.05) is 44.2 Å². The molecule has 1 amide bonds. The average Bonchev–Trinajstić information content (AvgIpc) is 2.70. The quantitative estimate of drug-likeness (QED) is 0.395. The molecule has 4 unspecified atom stereocenters. The van der Waals surface area contributed by atoms with Gasteiger partial charge in [0.15, 0.2) is 5.78 Å². The van der Waals surface area contributed by atoms with Crippen LogP contribution in [0, 0.1) is 17.8 Å². The second-order valence-electron chi connectivity index (χ2n) is 8.25. The minimum atomic E-state index is -1.10. The topological polar surface area (TPSA) is 118 Å². The van der Waals surface area contributed by atoms with Gasteiger partial charge >= 0.3 is 5.97 Å². The van der Waals surface area contributed by atoms with Crippen LogP contribution in [0.3, 0.4) is 0 Å². The third-order valence-corrected chi connectivity index (χ3v) is 5.85. The van der Waals surface area contributed by atoms with E-state index in [2.05, 4.69) is 5.32 Å². The van der Waals surface area contributed by atoms with Gasteiger partial charge in [-0.2, -0.15) is 0 Å². The lowest BCUT2D eigenvalue weighted by Crippen LogP contribution is -2.45. The van der Waals surface area contributed by atoms with E-state index in [9.17, 15) is 28.5 Å². The molecule has 1 aromatic carbocycles. The maximum atomic E-state index is 13.0. The number of hydrogen-bond acceptors (Lipinski definition) is 5.